The van der Waals surface area contributed by atoms with Crippen molar-refractivity contribution in [2.75, 3.05) is 62.7 Å². The fourth-order valence-electron chi connectivity index (χ4n) is 9.69. The quantitative estimate of drug-likeness (QED) is 0.180. The van der Waals surface area contributed by atoms with Crippen LogP contribution in [0.1, 0.15) is 69.3 Å². The minimum Gasteiger partial charge on any atom is -0.507 e. The number of aromatic hydroxyl groups is 1. The third-order valence-corrected chi connectivity index (χ3v) is 13.3. The van der Waals surface area contributed by atoms with Crippen LogP contribution in [-0.2, 0) is 27.0 Å². The lowest BCUT2D eigenvalue weighted by atomic mass is 9.85. The molecule has 300 valence electrons. The minimum absolute atomic E-state index is 0.174. The molecule has 2 aromatic carbocycles. The van der Waals surface area contributed by atoms with Crippen LogP contribution in [0.25, 0.3) is 11.3 Å². The van der Waals surface area contributed by atoms with Crippen LogP contribution in [0, 0.1) is 5.92 Å². The molecular weight excluding hydrogens is 719 g/mol. The highest BCUT2D eigenvalue weighted by Crippen LogP contribution is 2.36. The monoisotopic (exact) mass is 774 g/mol. The largest absolute Gasteiger partial charge is 0.507 e. The van der Waals surface area contributed by atoms with Crippen LogP contribution in [0.3, 0.4) is 0 Å². The van der Waals surface area contributed by atoms with Crippen molar-refractivity contribution in [1.29, 1.82) is 0 Å². The van der Waals surface area contributed by atoms with E-state index in [0.29, 0.717) is 55.9 Å². The summed E-state index contributed by atoms with van der Waals surface area (Å²) >= 11 is 0. The molecular formula is C44H56N9O4+. The summed E-state index contributed by atoms with van der Waals surface area (Å²) in [6, 6.07) is 19.7. The lowest BCUT2D eigenvalue weighted by molar-refractivity contribution is -0.759. The fraction of sp³-hybridized carbons (Fsp3) is 0.500. The lowest BCUT2D eigenvalue weighted by Crippen LogP contribution is -2.63. The first-order chi connectivity index (χ1) is 27.7. The molecule has 4 aliphatic rings. The molecule has 0 bridgehead atoms. The van der Waals surface area contributed by atoms with Crippen molar-refractivity contribution in [2.45, 2.75) is 75.3 Å². The maximum atomic E-state index is 14.7. The Morgan fingerprint density at radius 2 is 1.63 bits per heavy atom. The Morgan fingerprint density at radius 1 is 0.912 bits per heavy atom. The molecule has 6 heterocycles. The predicted octanol–water partition coefficient (Wildman–Crippen LogP) is 4.22. The van der Waals surface area contributed by atoms with Gasteiger partial charge in [-0.2, -0.15) is 10.2 Å². The number of likely N-dealkylation sites (tertiary alicyclic amines) is 1. The molecule has 2 N–H and O–H groups in total. The number of anilines is 2. The molecule has 0 radical (unpaired) electrons. The number of rotatable bonds is 10. The van der Waals surface area contributed by atoms with Crippen molar-refractivity contribution in [2.24, 2.45) is 13.0 Å². The number of likely N-dealkylation sites (N-methyl/N-ethyl adjacent to an activating group) is 1. The normalized spacial score (nSPS) is 21.1. The molecule has 0 saturated carbocycles. The van der Waals surface area contributed by atoms with Crippen molar-refractivity contribution in [3.05, 3.63) is 84.8 Å². The topological polar surface area (TPSA) is 131 Å². The van der Waals surface area contributed by atoms with E-state index in [2.05, 4.69) is 64.1 Å². The lowest BCUT2D eigenvalue weighted by Gasteiger charge is -2.44. The molecule has 3 amide bonds. The molecule has 13 nitrogen and oxygen atoms in total. The van der Waals surface area contributed by atoms with Gasteiger partial charge in [0.1, 0.15) is 5.75 Å². The van der Waals surface area contributed by atoms with Gasteiger partial charge in [0.25, 0.3) is 5.91 Å². The number of hydrogen-bond acceptors (Lipinski definition) is 9. The van der Waals surface area contributed by atoms with E-state index >= 15 is 0 Å². The van der Waals surface area contributed by atoms with Crippen molar-refractivity contribution in [3.8, 4) is 17.0 Å². The smallest absolute Gasteiger partial charge is 0.254 e. The number of imide groups is 1. The molecule has 4 fully saturated rings. The second-order valence-corrected chi connectivity index (χ2v) is 16.5. The van der Waals surface area contributed by atoms with E-state index in [4.69, 9.17) is 0 Å². The van der Waals surface area contributed by atoms with E-state index in [1.54, 1.807) is 18.3 Å². The number of nitrogens with zero attached hydrogens (tertiary/aromatic N) is 8. The number of phenolic OH excluding ortho intramolecular Hbond substituents is 1. The second-order valence-electron chi connectivity index (χ2n) is 16.5. The third kappa shape index (κ3) is 8.12. The summed E-state index contributed by atoms with van der Waals surface area (Å²) in [7, 11) is 4.03. The number of aryl methyl sites for hydroxylation is 1. The number of phenols is 1. The van der Waals surface area contributed by atoms with E-state index < -0.39 is 5.54 Å². The maximum Gasteiger partial charge on any atom is 0.254 e. The highest BCUT2D eigenvalue weighted by atomic mass is 16.3. The highest BCUT2D eigenvalue weighted by Gasteiger charge is 2.49. The molecule has 4 aliphatic heterocycles. The Balaban J connectivity index is 0.820. The summed E-state index contributed by atoms with van der Waals surface area (Å²) in [6.07, 6.45) is 13.6. The van der Waals surface area contributed by atoms with Gasteiger partial charge in [-0.15, -0.1) is 9.36 Å². The molecule has 4 aromatic rings. The van der Waals surface area contributed by atoms with Crippen molar-refractivity contribution in [1.82, 2.24) is 30.0 Å². The van der Waals surface area contributed by atoms with E-state index in [1.807, 2.05) is 55.4 Å². The van der Waals surface area contributed by atoms with Crippen molar-refractivity contribution < 1.29 is 24.2 Å². The van der Waals surface area contributed by atoms with Crippen LogP contribution in [0.4, 0.5) is 11.4 Å². The Morgan fingerprint density at radius 3 is 2.32 bits per heavy atom. The van der Waals surface area contributed by atoms with Gasteiger partial charge < -0.3 is 24.7 Å². The van der Waals surface area contributed by atoms with Gasteiger partial charge in [-0.1, -0.05) is 24.3 Å². The van der Waals surface area contributed by atoms with Gasteiger partial charge in [0.2, 0.25) is 11.8 Å². The maximum absolute atomic E-state index is 14.7. The van der Waals surface area contributed by atoms with Crippen LogP contribution in [0.15, 0.2) is 79.3 Å². The zero-order valence-electron chi connectivity index (χ0n) is 33.3. The molecule has 2 aromatic heterocycles. The zero-order chi connectivity index (χ0) is 39.5. The minimum atomic E-state index is -0.688. The van der Waals surface area contributed by atoms with Gasteiger partial charge >= 0.3 is 0 Å². The van der Waals surface area contributed by atoms with E-state index in [-0.39, 0.29) is 35.4 Å². The van der Waals surface area contributed by atoms with E-state index in [1.165, 1.54) is 24.9 Å². The van der Waals surface area contributed by atoms with Gasteiger partial charge in [-0.25, -0.2) is 0 Å². The van der Waals surface area contributed by atoms with Gasteiger partial charge in [0.15, 0.2) is 18.8 Å². The average Bonchev–Trinajstić information content (AvgIpc) is 3.69. The summed E-state index contributed by atoms with van der Waals surface area (Å²) in [5.74, 6) is 0.462. The number of carbonyl (C=O) groups excluding carboxylic acids is 3. The Bertz CT molecular complexity index is 2040. The number of hydrogen-bond donors (Lipinski definition) is 2. The first-order valence-electron chi connectivity index (χ1n) is 20.8. The van der Waals surface area contributed by atoms with E-state index in [9.17, 15) is 19.5 Å². The summed E-state index contributed by atoms with van der Waals surface area (Å²) in [5.41, 5.74) is 3.70. The SMILES string of the molecule is CN(C(=O)C1(n2ccc[n+]2C)CCN(c2cnnc(-c3ccccc3O)c2)CC1)C1CCN(CCC2CCN(c3ccc([C@H]4CCC(=O)NC4=O)cc3)CC2)CC1. The van der Waals surface area contributed by atoms with Crippen molar-refractivity contribution >= 4 is 29.1 Å². The molecule has 0 unspecified atom stereocenters. The molecule has 57 heavy (non-hydrogen) atoms. The number of benzene rings is 2. The number of aromatic nitrogens is 4. The summed E-state index contributed by atoms with van der Waals surface area (Å²) in [6.45, 7) is 6.57. The molecule has 0 spiro atoms. The number of amides is 3. The summed E-state index contributed by atoms with van der Waals surface area (Å²) in [4.78, 5) is 48.0. The second kappa shape index (κ2) is 16.7. The van der Waals surface area contributed by atoms with Crippen LogP contribution in [0.5, 0.6) is 5.75 Å². The van der Waals surface area contributed by atoms with Crippen LogP contribution in [-0.4, -0.2) is 106 Å². The average molecular weight is 775 g/mol. The number of piperidine rings is 4. The zero-order valence-corrected chi connectivity index (χ0v) is 33.3. The molecule has 0 aliphatic carbocycles. The molecule has 13 heteroatoms. The van der Waals surface area contributed by atoms with Crippen LogP contribution in [0.2, 0.25) is 0 Å². The van der Waals surface area contributed by atoms with Crippen molar-refractivity contribution in [3.63, 3.8) is 0 Å². The third-order valence-electron chi connectivity index (χ3n) is 13.3. The molecule has 1 atom stereocenters. The molecule has 8 rings (SSSR count). The summed E-state index contributed by atoms with van der Waals surface area (Å²) < 4.78 is 4.18. The van der Waals surface area contributed by atoms with Crippen LogP contribution >= 0.6 is 0 Å². The van der Waals surface area contributed by atoms with E-state index in [0.717, 1.165) is 56.8 Å². The number of carbonyl (C=O) groups is 3. The van der Waals surface area contributed by atoms with Gasteiger partial charge in [0.05, 0.1) is 29.7 Å². The van der Waals surface area contributed by atoms with Gasteiger partial charge in [-0.3, -0.25) is 19.7 Å². The fourth-order valence-corrected chi connectivity index (χ4v) is 9.69. The van der Waals surface area contributed by atoms with Crippen LogP contribution < -0.4 is 19.8 Å². The first kappa shape index (κ1) is 38.6. The summed E-state index contributed by atoms with van der Waals surface area (Å²) in [5, 5.41) is 21.5. The number of para-hydroxylation sites is 1. The Labute approximate surface area is 335 Å². The first-order valence-corrected chi connectivity index (χ1v) is 20.8. The van der Waals surface area contributed by atoms with Gasteiger partial charge in [-0.05, 0) is 86.9 Å². The predicted molar refractivity (Wildman–Crippen MR) is 218 cm³/mol. The van der Waals surface area contributed by atoms with Gasteiger partial charge in [0, 0.05) is 88.9 Å². The Hall–Kier alpha value is -5.30. The standard InChI is InChI=1S/C44H55N9O4/c1-48-21-5-22-53(48)44(19-28-52(29-20-44)36-30-39(47-45-31-36)38-6-3-4-7-40(38)54)43(57)49(2)34-17-24-50(25-18-34)23-14-32-15-26-51(27-16-32)35-10-8-33(9-11-35)37-12-13-41(55)46-42(37)56/h3-11,21-22,30-32,34,37H,12-20,23-29H2,1-2H3,(H-,46,47,54,55,56)/p+1/t37-/m1/s1. The highest BCUT2D eigenvalue weighted by molar-refractivity contribution is 6.01. The Kier molecular flexibility index (Phi) is 11.3. The molecule has 4 saturated heterocycles. The number of nitrogens with one attached hydrogen (secondary N) is 1.